The third-order valence-corrected chi connectivity index (χ3v) is 2.65. The minimum atomic E-state index is 0.0516. The number of hydrogen-bond donors (Lipinski definition) is 0. The fraction of sp³-hybridized carbons (Fsp3) is 0.333. The Morgan fingerprint density at radius 3 is 2.47 bits per heavy atom. The van der Waals surface area contributed by atoms with Crippen LogP contribution in [0.4, 0.5) is 5.69 Å². The van der Waals surface area contributed by atoms with E-state index in [0.717, 1.165) is 11.4 Å². The summed E-state index contributed by atoms with van der Waals surface area (Å²) in [4.78, 5) is 11.6. The number of nitrogens with zero attached hydrogens (tertiary/aromatic N) is 2. The Morgan fingerprint density at radius 1 is 1.20 bits per heavy atom. The van der Waals surface area contributed by atoms with Crippen molar-refractivity contribution in [1.29, 1.82) is 0 Å². The van der Waals surface area contributed by atoms with Gasteiger partial charge in [-0.05, 0) is 44.0 Å². The van der Waals surface area contributed by atoms with E-state index in [1.54, 1.807) is 0 Å². The largest absolute Gasteiger partial charge is 0.272 e. The van der Waals surface area contributed by atoms with Gasteiger partial charge in [-0.15, -0.1) is 0 Å². The smallest absolute Gasteiger partial charge is 0.253 e. The van der Waals surface area contributed by atoms with Crippen molar-refractivity contribution < 1.29 is 4.79 Å². The first-order valence-electron chi connectivity index (χ1n) is 5.02. The Labute approximate surface area is 89.4 Å². The number of carbonyl (C=O) groups is 1. The average Bonchev–Trinajstić information content (AvgIpc) is 2.50. The molecule has 0 saturated heterocycles. The fourth-order valence-corrected chi connectivity index (χ4v) is 1.61. The molecule has 2 rings (SSSR count). The van der Waals surface area contributed by atoms with Crippen LogP contribution in [0.3, 0.4) is 0 Å². The van der Waals surface area contributed by atoms with Gasteiger partial charge in [0.25, 0.3) is 5.91 Å². The quantitative estimate of drug-likeness (QED) is 0.649. The molecule has 1 amide bonds. The van der Waals surface area contributed by atoms with Gasteiger partial charge < -0.3 is 0 Å². The lowest BCUT2D eigenvalue weighted by molar-refractivity contribution is -0.116. The molecule has 0 saturated carbocycles. The van der Waals surface area contributed by atoms with Gasteiger partial charge in [0.05, 0.1) is 12.1 Å². The average molecular weight is 206 g/mol. The minimum absolute atomic E-state index is 0.0516. The van der Waals surface area contributed by atoms with Crippen molar-refractivity contribution >= 4 is 17.3 Å². The molecule has 0 N–H and O–H groups in total. The molecular formula is C12H14N2O. The highest BCUT2D eigenvalue weighted by Crippen LogP contribution is 2.22. The second-order valence-corrected chi connectivity index (χ2v) is 3.99. The standard InChI is InChI=1S/C12H14N2O/c1-8-4-5-11(6-9(8)2)14-12(15)7-10(3)13-14/h4-6H,7H2,1-3H3/i3+1,7+1,10+1,12+1. The zero-order valence-electron chi connectivity index (χ0n) is 9.24. The molecule has 0 unspecified atom stereocenters. The van der Waals surface area contributed by atoms with Crippen LogP contribution in [-0.4, -0.2) is 11.6 Å². The first kappa shape index (κ1) is 9.90. The molecule has 3 heteroatoms. The molecule has 1 aliphatic rings. The summed E-state index contributed by atoms with van der Waals surface area (Å²) in [6, 6.07) is 5.94. The van der Waals surface area contributed by atoms with Gasteiger partial charge in [-0.3, -0.25) is 4.79 Å². The van der Waals surface area contributed by atoms with E-state index in [9.17, 15) is 4.79 Å². The first-order chi connectivity index (χ1) is 7.08. The third-order valence-electron chi connectivity index (χ3n) is 2.65. The maximum Gasteiger partial charge on any atom is 0.253 e. The van der Waals surface area contributed by atoms with Crippen molar-refractivity contribution in [2.45, 2.75) is 27.2 Å². The Bertz CT molecular complexity index is 449. The summed E-state index contributed by atoms with van der Waals surface area (Å²) >= 11 is 0. The lowest BCUT2D eigenvalue weighted by atomic mass is 10.1. The van der Waals surface area contributed by atoms with Gasteiger partial charge in [0.1, 0.15) is 0 Å². The number of hydrazone groups is 1. The lowest BCUT2D eigenvalue weighted by Gasteiger charge is -2.13. The van der Waals surface area contributed by atoms with Crippen molar-refractivity contribution in [1.82, 2.24) is 0 Å². The van der Waals surface area contributed by atoms with Crippen molar-refractivity contribution in [2.24, 2.45) is 5.10 Å². The van der Waals surface area contributed by atoms with Crippen molar-refractivity contribution in [3.63, 3.8) is 0 Å². The van der Waals surface area contributed by atoms with Crippen LogP contribution < -0.4 is 5.01 Å². The molecule has 1 aliphatic heterocycles. The van der Waals surface area contributed by atoms with E-state index in [-0.39, 0.29) is 5.91 Å². The third kappa shape index (κ3) is 1.77. The maximum atomic E-state index is 11.6. The predicted octanol–water partition coefficient (Wildman–Crippen LogP) is 2.42. The fourth-order valence-electron chi connectivity index (χ4n) is 1.61. The second kappa shape index (κ2) is 3.50. The Kier molecular flexibility index (Phi) is 2.31. The maximum absolute atomic E-state index is 11.6. The zero-order chi connectivity index (χ0) is 11.0. The SMILES string of the molecule is Cc1ccc(N2N=[13C]([13CH3])[13CH2][13C]2=O)cc1C. The molecule has 78 valence electrons. The number of benzene rings is 1. The van der Waals surface area contributed by atoms with Gasteiger partial charge in [-0.25, -0.2) is 5.01 Å². The summed E-state index contributed by atoms with van der Waals surface area (Å²) < 4.78 is 0. The molecule has 15 heavy (non-hydrogen) atoms. The van der Waals surface area contributed by atoms with Crippen LogP contribution in [0.5, 0.6) is 0 Å². The summed E-state index contributed by atoms with van der Waals surface area (Å²) in [5, 5.41) is 5.70. The number of amides is 1. The van der Waals surface area contributed by atoms with Crippen LogP contribution in [0.2, 0.25) is 0 Å². The molecule has 0 spiro atoms. The highest BCUT2D eigenvalue weighted by Gasteiger charge is 2.22. The van der Waals surface area contributed by atoms with E-state index in [0.29, 0.717) is 6.42 Å². The highest BCUT2D eigenvalue weighted by atomic mass is 16.2. The molecule has 0 aliphatic carbocycles. The Balaban J connectivity index is 2.38. The molecule has 0 bridgehead atoms. The van der Waals surface area contributed by atoms with Gasteiger partial charge in [0.15, 0.2) is 0 Å². The van der Waals surface area contributed by atoms with Crippen LogP contribution >= 0.6 is 0 Å². The summed E-state index contributed by atoms with van der Waals surface area (Å²) in [5.74, 6) is 0.0516. The Morgan fingerprint density at radius 2 is 1.93 bits per heavy atom. The molecule has 0 fully saturated rings. The van der Waals surface area contributed by atoms with Gasteiger partial charge in [-0.2, -0.15) is 5.10 Å². The van der Waals surface area contributed by atoms with Gasteiger partial charge >= 0.3 is 0 Å². The molecule has 1 aromatic carbocycles. The van der Waals surface area contributed by atoms with Crippen molar-refractivity contribution in [3.05, 3.63) is 29.3 Å². The number of rotatable bonds is 1. The van der Waals surface area contributed by atoms with Crippen LogP contribution in [0.15, 0.2) is 23.3 Å². The van der Waals surface area contributed by atoms with Crippen LogP contribution in [0.1, 0.15) is 24.5 Å². The van der Waals surface area contributed by atoms with Crippen molar-refractivity contribution in [3.8, 4) is 0 Å². The van der Waals surface area contributed by atoms with Gasteiger partial charge in [0, 0.05) is 5.71 Å². The number of anilines is 1. The predicted molar refractivity (Wildman–Crippen MR) is 61.1 cm³/mol. The molecule has 0 aromatic heterocycles. The topological polar surface area (TPSA) is 32.7 Å². The minimum Gasteiger partial charge on any atom is -0.272 e. The molecule has 0 radical (unpaired) electrons. The zero-order valence-corrected chi connectivity index (χ0v) is 9.24. The summed E-state index contributed by atoms with van der Waals surface area (Å²) in [6.07, 6.45) is 0.437. The monoisotopic (exact) mass is 206 g/mol. The van der Waals surface area contributed by atoms with Crippen molar-refractivity contribution in [2.75, 3.05) is 5.01 Å². The summed E-state index contributed by atoms with van der Waals surface area (Å²) in [7, 11) is 0. The van der Waals surface area contributed by atoms with Crippen LogP contribution in [0.25, 0.3) is 0 Å². The number of carbonyl (C=O) groups excluding carboxylic acids is 1. The highest BCUT2D eigenvalue weighted by molar-refractivity contribution is 6.12. The van der Waals surface area contributed by atoms with E-state index in [1.165, 1.54) is 16.1 Å². The lowest BCUT2D eigenvalue weighted by Crippen LogP contribution is -2.19. The first-order valence-corrected chi connectivity index (χ1v) is 5.02. The molecule has 1 aromatic rings. The van der Waals surface area contributed by atoms with E-state index in [1.807, 2.05) is 32.0 Å². The summed E-state index contributed by atoms with van der Waals surface area (Å²) in [5.41, 5.74) is 4.14. The van der Waals surface area contributed by atoms with E-state index >= 15 is 0 Å². The second-order valence-electron chi connectivity index (χ2n) is 3.99. The molecule has 3 nitrogen and oxygen atoms in total. The molecule has 0 atom stereocenters. The van der Waals surface area contributed by atoms with E-state index < -0.39 is 0 Å². The number of aryl methyl sites for hydroxylation is 2. The summed E-state index contributed by atoms with van der Waals surface area (Å²) in [6.45, 7) is 5.97. The van der Waals surface area contributed by atoms with E-state index in [4.69, 9.17) is 0 Å². The Hall–Kier alpha value is -1.64. The normalized spacial score (nSPS) is 15.8. The van der Waals surface area contributed by atoms with Crippen LogP contribution in [0, 0.1) is 13.8 Å². The van der Waals surface area contributed by atoms with Gasteiger partial charge in [0.2, 0.25) is 0 Å². The molecular weight excluding hydrogens is 192 g/mol. The molecule has 1 heterocycles. The van der Waals surface area contributed by atoms with Crippen LogP contribution in [-0.2, 0) is 4.79 Å². The number of hydrogen-bond acceptors (Lipinski definition) is 2. The van der Waals surface area contributed by atoms with E-state index in [2.05, 4.69) is 12.0 Å². The van der Waals surface area contributed by atoms with Gasteiger partial charge in [-0.1, -0.05) is 6.07 Å².